The zero-order valence-corrected chi connectivity index (χ0v) is 9.44. The number of carbonyl (C=O) groups is 1. The molecule has 1 aromatic heterocycles. The molecule has 4 heteroatoms. The molecule has 1 aliphatic rings. The normalized spacial score (nSPS) is 22.7. The zero-order valence-electron chi connectivity index (χ0n) is 9.44. The van der Waals surface area contributed by atoms with Crippen LogP contribution in [-0.2, 0) is 9.53 Å². The molecule has 0 aliphatic carbocycles. The van der Waals surface area contributed by atoms with E-state index in [4.69, 9.17) is 9.15 Å². The number of esters is 1. The first-order valence-electron chi connectivity index (χ1n) is 5.65. The van der Waals surface area contributed by atoms with E-state index in [2.05, 4.69) is 5.32 Å². The molecular weight excluding hydrogens is 206 g/mol. The molecule has 2 atom stereocenters. The Morgan fingerprint density at radius 1 is 1.69 bits per heavy atom. The Morgan fingerprint density at radius 3 is 3.12 bits per heavy atom. The number of furan rings is 1. The Morgan fingerprint density at radius 2 is 2.56 bits per heavy atom. The maximum Gasteiger partial charge on any atom is 0.316 e. The van der Waals surface area contributed by atoms with E-state index in [1.54, 1.807) is 6.26 Å². The van der Waals surface area contributed by atoms with Gasteiger partial charge in [0.1, 0.15) is 11.7 Å². The molecule has 1 fully saturated rings. The van der Waals surface area contributed by atoms with Gasteiger partial charge < -0.3 is 14.5 Å². The van der Waals surface area contributed by atoms with E-state index in [0.29, 0.717) is 5.76 Å². The van der Waals surface area contributed by atoms with Crippen LogP contribution >= 0.6 is 0 Å². The fraction of sp³-hybridized carbons (Fsp3) is 0.583. The molecule has 2 unspecified atom stereocenters. The molecule has 2 rings (SSSR count). The molecule has 88 valence electrons. The summed E-state index contributed by atoms with van der Waals surface area (Å²) < 4.78 is 10.2. The largest absolute Gasteiger partial charge is 0.468 e. The van der Waals surface area contributed by atoms with Crippen LogP contribution < -0.4 is 5.32 Å². The fourth-order valence-electron chi connectivity index (χ4n) is 2.30. The van der Waals surface area contributed by atoms with Crippen molar-refractivity contribution in [1.82, 2.24) is 5.32 Å². The van der Waals surface area contributed by atoms with Crippen molar-refractivity contribution in [1.29, 1.82) is 0 Å². The van der Waals surface area contributed by atoms with Crippen LogP contribution in [0.2, 0.25) is 0 Å². The lowest BCUT2D eigenvalue weighted by molar-refractivity contribution is -0.144. The van der Waals surface area contributed by atoms with Gasteiger partial charge in [-0.2, -0.15) is 0 Å². The molecule has 4 nitrogen and oxygen atoms in total. The van der Waals surface area contributed by atoms with Crippen molar-refractivity contribution in [3.05, 3.63) is 24.2 Å². The first-order valence-corrected chi connectivity index (χ1v) is 5.65. The van der Waals surface area contributed by atoms with E-state index in [-0.39, 0.29) is 17.8 Å². The van der Waals surface area contributed by atoms with E-state index < -0.39 is 0 Å². The standard InChI is InChI=1S/C12H17NO3/c1-15-12(14)11(10-5-3-7-16-10)9-4-2-6-13-8-9/h3,5,7,9,11,13H,2,4,6,8H2,1H3. The Labute approximate surface area is 95.0 Å². The molecule has 1 aliphatic heterocycles. The van der Waals surface area contributed by atoms with Crippen molar-refractivity contribution in [3.63, 3.8) is 0 Å². The van der Waals surface area contributed by atoms with Crippen LogP contribution in [0.4, 0.5) is 0 Å². The van der Waals surface area contributed by atoms with Crippen molar-refractivity contribution >= 4 is 5.97 Å². The Balaban J connectivity index is 2.17. The number of ether oxygens (including phenoxy) is 1. The van der Waals surface area contributed by atoms with Gasteiger partial charge in [-0.15, -0.1) is 0 Å². The van der Waals surface area contributed by atoms with Gasteiger partial charge >= 0.3 is 5.97 Å². The lowest BCUT2D eigenvalue weighted by Crippen LogP contribution is -2.36. The highest BCUT2D eigenvalue weighted by atomic mass is 16.5. The highest BCUT2D eigenvalue weighted by Crippen LogP contribution is 2.30. The van der Waals surface area contributed by atoms with Crippen LogP contribution in [0.15, 0.2) is 22.8 Å². The van der Waals surface area contributed by atoms with Crippen molar-refractivity contribution in [2.75, 3.05) is 20.2 Å². The monoisotopic (exact) mass is 223 g/mol. The van der Waals surface area contributed by atoms with Crippen LogP contribution in [0.1, 0.15) is 24.5 Å². The van der Waals surface area contributed by atoms with Crippen molar-refractivity contribution in [2.45, 2.75) is 18.8 Å². The number of hydrogen-bond donors (Lipinski definition) is 1. The minimum Gasteiger partial charge on any atom is -0.468 e. The number of rotatable bonds is 3. The van der Waals surface area contributed by atoms with E-state index in [1.165, 1.54) is 7.11 Å². The van der Waals surface area contributed by atoms with Crippen LogP contribution in [0.5, 0.6) is 0 Å². The van der Waals surface area contributed by atoms with Crippen LogP contribution in [-0.4, -0.2) is 26.2 Å². The third-order valence-electron chi connectivity index (χ3n) is 3.11. The summed E-state index contributed by atoms with van der Waals surface area (Å²) in [5, 5.41) is 3.31. The third-order valence-corrected chi connectivity index (χ3v) is 3.11. The molecule has 1 saturated heterocycles. The molecule has 0 amide bonds. The number of piperidine rings is 1. The Bertz CT molecular complexity index is 328. The van der Waals surface area contributed by atoms with Gasteiger partial charge in [0.15, 0.2) is 0 Å². The van der Waals surface area contributed by atoms with Gasteiger partial charge in [-0.1, -0.05) is 0 Å². The lowest BCUT2D eigenvalue weighted by Gasteiger charge is -2.27. The summed E-state index contributed by atoms with van der Waals surface area (Å²) in [6, 6.07) is 3.65. The summed E-state index contributed by atoms with van der Waals surface area (Å²) in [5.41, 5.74) is 0. The van der Waals surface area contributed by atoms with Crippen LogP contribution in [0.3, 0.4) is 0 Å². The highest BCUT2D eigenvalue weighted by molar-refractivity contribution is 5.77. The number of hydrogen-bond acceptors (Lipinski definition) is 4. The summed E-state index contributed by atoms with van der Waals surface area (Å²) in [6.45, 7) is 1.88. The van der Waals surface area contributed by atoms with Gasteiger partial charge in [0.2, 0.25) is 0 Å². The van der Waals surface area contributed by atoms with Gasteiger partial charge in [0.25, 0.3) is 0 Å². The molecular formula is C12H17NO3. The summed E-state index contributed by atoms with van der Waals surface area (Å²) in [5.74, 6) is 0.504. The van der Waals surface area contributed by atoms with Crippen LogP contribution in [0.25, 0.3) is 0 Å². The molecule has 1 N–H and O–H groups in total. The number of methoxy groups -OCH3 is 1. The fourth-order valence-corrected chi connectivity index (χ4v) is 2.30. The van der Waals surface area contributed by atoms with E-state index in [9.17, 15) is 4.79 Å². The third kappa shape index (κ3) is 2.27. The summed E-state index contributed by atoms with van der Waals surface area (Å²) in [7, 11) is 1.43. The minimum absolute atomic E-state index is 0.205. The first kappa shape index (κ1) is 11.2. The van der Waals surface area contributed by atoms with Gasteiger partial charge in [0, 0.05) is 0 Å². The molecule has 16 heavy (non-hydrogen) atoms. The second kappa shape index (κ2) is 5.16. The average molecular weight is 223 g/mol. The summed E-state index contributed by atoms with van der Waals surface area (Å²) >= 11 is 0. The Kier molecular flexibility index (Phi) is 3.62. The molecule has 0 aromatic carbocycles. The molecule has 1 aromatic rings. The smallest absolute Gasteiger partial charge is 0.316 e. The van der Waals surface area contributed by atoms with Crippen LogP contribution in [0, 0.1) is 5.92 Å². The molecule has 0 spiro atoms. The SMILES string of the molecule is COC(=O)C(c1ccco1)C1CCCNC1. The second-order valence-electron chi connectivity index (χ2n) is 4.12. The van der Waals surface area contributed by atoms with Crippen molar-refractivity contribution < 1.29 is 13.9 Å². The van der Waals surface area contributed by atoms with E-state index >= 15 is 0 Å². The lowest BCUT2D eigenvalue weighted by atomic mass is 9.84. The number of carbonyl (C=O) groups excluding carboxylic acids is 1. The maximum absolute atomic E-state index is 11.8. The van der Waals surface area contributed by atoms with Gasteiger partial charge in [-0.3, -0.25) is 4.79 Å². The molecule has 0 bridgehead atoms. The summed E-state index contributed by atoms with van der Waals surface area (Å²) in [4.78, 5) is 11.8. The van der Waals surface area contributed by atoms with E-state index in [1.807, 2.05) is 12.1 Å². The molecule has 0 saturated carbocycles. The quantitative estimate of drug-likeness (QED) is 0.790. The van der Waals surface area contributed by atoms with Gasteiger partial charge in [-0.05, 0) is 44.0 Å². The van der Waals surface area contributed by atoms with Crippen molar-refractivity contribution in [3.8, 4) is 0 Å². The van der Waals surface area contributed by atoms with Crippen molar-refractivity contribution in [2.24, 2.45) is 5.92 Å². The minimum atomic E-state index is -0.271. The number of nitrogens with one attached hydrogen (secondary N) is 1. The van der Waals surface area contributed by atoms with Gasteiger partial charge in [-0.25, -0.2) is 0 Å². The zero-order chi connectivity index (χ0) is 11.4. The van der Waals surface area contributed by atoms with E-state index in [0.717, 1.165) is 25.9 Å². The first-order chi connectivity index (χ1) is 7.83. The van der Waals surface area contributed by atoms with Gasteiger partial charge in [0.05, 0.1) is 13.4 Å². The topological polar surface area (TPSA) is 51.5 Å². The summed E-state index contributed by atoms with van der Waals surface area (Å²) in [6.07, 6.45) is 3.73. The predicted molar refractivity (Wildman–Crippen MR) is 59.1 cm³/mol. The molecule has 2 heterocycles. The average Bonchev–Trinajstić information content (AvgIpc) is 2.84. The highest BCUT2D eigenvalue weighted by Gasteiger charge is 2.33. The molecule has 0 radical (unpaired) electrons. The second-order valence-corrected chi connectivity index (χ2v) is 4.12. The Hall–Kier alpha value is -1.29. The maximum atomic E-state index is 11.8. The predicted octanol–water partition coefficient (Wildman–Crippen LogP) is 1.54.